The van der Waals surface area contributed by atoms with E-state index < -0.39 is 48.9 Å². The number of aliphatic hydroxyl groups excluding tert-OH is 1. The Balaban J connectivity index is 6.02. The van der Waals surface area contributed by atoms with Crippen LogP contribution in [-0.4, -0.2) is 47.6 Å². The molecule has 3 N–H and O–H groups in total. The summed E-state index contributed by atoms with van der Waals surface area (Å²) in [7, 11) is 0. The Hall–Kier alpha value is -0.850. The summed E-state index contributed by atoms with van der Waals surface area (Å²) in [5, 5.41) is 8.60. The van der Waals surface area contributed by atoms with Gasteiger partial charge in [0, 0.05) is 13.0 Å². The van der Waals surface area contributed by atoms with Crippen molar-refractivity contribution < 1.29 is 53.4 Å². The Kier molecular flexibility index (Phi) is 5.19. The second-order valence-electron chi connectivity index (χ2n) is 4.03. The number of hydrogen-bond acceptors (Lipinski definition) is 2. The minimum Gasteiger partial charge on any atom is -0.392 e. The van der Waals surface area contributed by atoms with Crippen LogP contribution in [0.2, 0.25) is 0 Å². The van der Waals surface area contributed by atoms with Crippen molar-refractivity contribution in [1.29, 1.82) is 0 Å². The van der Waals surface area contributed by atoms with Gasteiger partial charge in [-0.1, -0.05) is 0 Å². The Morgan fingerprint density at radius 2 is 1.10 bits per heavy atom. The third kappa shape index (κ3) is 3.17. The summed E-state index contributed by atoms with van der Waals surface area (Å²) >= 11 is 0. The molecule has 0 aliphatic heterocycles. The molecule has 0 radical (unpaired) electrons. The Morgan fingerprint density at radius 1 is 0.762 bits per heavy atom. The van der Waals surface area contributed by atoms with Gasteiger partial charge in [0.2, 0.25) is 0 Å². The van der Waals surface area contributed by atoms with E-state index in [1.54, 1.807) is 0 Å². The topological polar surface area (TPSA) is 46.2 Å². The molecule has 0 aliphatic carbocycles. The maximum Gasteiger partial charge on any atom is 0.438 e. The number of nitrogens with two attached hydrogens (primary N) is 1. The van der Waals surface area contributed by atoms with E-state index in [2.05, 4.69) is 5.73 Å². The molecule has 0 spiro atoms. The molecule has 0 aromatic rings. The lowest BCUT2D eigenvalue weighted by atomic mass is 9.88. The zero-order valence-electron chi connectivity index (χ0n) is 9.67. The summed E-state index contributed by atoms with van der Waals surface area (Å²) in [5.74, 6) is -13.4. The fraction of sp³-hybridized carbons (Fsp3) is 1.00. The van der Waals surface area contributed by atoms with Gasteiger partial charge in [-0.25, -0.2) is 4.39 Å². The smallest absolute Gasteiger partial charge is 0.392 e. The summed E-state index contributed by atoms with van der Waals surface area (Å²) in [6.45, 7) is -1.16. The van der Waals surface area contributed by atoms with Crippen LogP contribution in [0, 0.1) is 0 Å². The number of rotatable bonds is 5. The summed E-state index contributed by atoms with van der Waals surface area (Å²) in [6.07, 6.45) is -19.9. The molecule has 0 bridgehead atoms. The van der Waals surface area contributed by atoms with E-state index in [0.29, 0.717) is 0 Å². The van der Waals surface area contributed by atoms with Gasteiger partial charge in [-0.05, 0) is 0 Å². The largest absolute Gasteiger partial charge is 0.438 e. The van der Waals surface area contributed by atoms with Gasteiger partial charge in [0.05, 0.1) is 6.10 Å². The molecule has 1 unspecified atom stereocenters. The van der Waals surface area contributed by atoms with Crippen LogP contribution < -0.4 is 5.73 Å². The SMILES string of the molecule is NCC(O)CC(F)(F)C(F)(F)C(F)(C(F)(F)F)C(F)(F)F. The van der Waals surface area contributed by atoms with E-state index in [9.17, 15) is 48.3 Å². The van der Waals surface area contributed by atoms with Crippen LogP contribution in [0.3, 0.4) is 0 Å². The number of hydrogen-bond donors (Lipinski definition) is 2. The third-order valence-corrected chi connectivity index (χ3v) is 2.44. The molecule has 0 amide bonds. The van der Waals surface area contributed by atoms with E-state index in [1.807, 2.05) is 0 Å². The van der Waals surface area contributed by atoms with Crippen molar-refractivity contribution in [3.05, 3.63) is 0 Å². The van der Waals surface area contributed by atoms with Crippen LogP contribution in [0.25, 0.3) is 0 Å². The molecule has 0 saturated carbocycles. The van der Waals surface area contributed by atoms with E-state index in [4.69, 9.17) is 5.11 Å². The van der Waals surface area contributed by atoms with E-state index in [0.717, 1.165) is 0 Å². The molecule has 2 nitrogen and oxygen atoms in total. The molecule has 0 fully saturated rings. The number of halogens is 11. The van der Waals surface area contributed by atoms with Crippen LogP contribution in [0.5, 0.6) is 0 Å². The molecule has 1 atom stereocenters. The van der Waals surface area contributed by atoms with Gasteiger partial charge in [0.1, 0.15) is 0 Å². The average molecular weight is 343 g/mol. The average Bonchev–Trinajstić information content (AvgIpc) is 2.23. The van der Waals surface area contributed by atoms with Crippen molar-refractivity contribution in [2.75, 3.05) is 6.54 Å². The van der Waals surface area contributed by atoms with Gasteiger partial charge in [-0.15, -0.1) is 0 Å². The number of aliphatic hydroxyl groups is 1. The molecule has 13 heteroatoms. The Morgan fingerprint density at radius 3 is 1.33 bits per heavy atom. The standard InChI is InChI=1S/C8H8F11NO/c9-4(10,1-3(21)2-20)6(12,13)5(11,7(14,15)16)8(17,18)19/h3,21H,1-2,20H2. The maximum absolute atomic E-state index is 13.0. The summed E-state index contributed by atoms with van der Waals surface area (Å²) in [5.41, 5.74) is -2.96. The first-order valence-corrected chi connectivity index (χ1v) is 4.92. The Bertz CT molecular complexity index is 346. The first-order chi connectivity index (χ1) is 8.95. The zero-order chi connectivity index (χ0) is 17.5. The molecular formula is C8H8F11NO. The van der Waals surface area contributed by atoms with Crippen LogP contribution in [0.4, 0.5) is 48.3 Å². The fourth-order valence-corrected chi connectivity index (χ4v) is 1.28. The second kappa shape index (κ2) is 5.41. The number of alkyl halides is 11. The quantitative estimate of drug-likeness (QED) is 0.754. The highest BCUT2D eigenvalue weighted by Gasteiger charge is 2.89. The minimum absolute atomic E-state index is 1.16. The fourth-order valence-electron chi connectivity index (χ4n) is 1.28. The summed E-state index contributed by atoms with van der Waals surface area (Å²) in [4.78, 5) is 0. The normalized spacial score (nSPS) is 17.0. The van der Waals surface area contributed by atoms with Gasteiger partial charge in [-0.2, -0.15) is 43.9 Å². The van der Waals surface area contributed by atoms with Crippen molar-refractivity contribution >= 4 is 0 Å². The minimum atomic E-state index is -7.50. The molecule has 0 heterocycles. The molecule has 128 valence electrons. The highest BCUT2D eigenvalue weighted by atomic mass is 19.4. The van der Waals surface area contributed by atoms with Crippen molar-refractivity contribution in [1.82, 2.24) is 0 Å². The van der Waals surface area contributed by atoms with Gasteiger partial charge >= 0.3 is 29.9 Å². The molecule has 0 aliphatic rings. The van der Waals surface area contributed by atoms with Crippen LogP contribution in [-0.2, 0) is 0 Å². The van der Waals surface area contributed by atoms with Crippen molar-refractivity contribution in [2.24, 2.45) is 5.73 Å². The van der Waals surface area contributed by atoms with Crippen molar-refractivity contribution in [3.63, 3.8) is 0 Å². The molecule has 21 heavy (non-hydrogen) atoms. The van der Waals surface area contributed by atoms with Gasteiger partial charge in [0.15, 0.2) is 0 Å². The van der Waals surface area contributed by atoms with Crippen LogP contribution >= 0.6 is 0 Å². The van der Waals surface area contributed by atoms with Gasteiger partial charge < -0.3 is 10.8 Å². The zero-order valence-corrected chi connectivity index (χ0v) is 9.67. The third-order valence-electron chi connectivity index (χ3n) is 2.44. The monoisotopic (exact) mass is 343 g/mol. The van der Waals surface area contributed by atoms with Crippen LogP contribution in [0.15, 0.2) is 0 Å². The maximum atomic E-state index is 13.0. The highest BCUT2D eigenvalue weighted by molar-refractivity contribution is 5.11. The molecular weight excluding hydrogens is 335 g/mol. The Labute approximate surface area is 109 Å². The molecule has 0 aromatic heterocycles. The predicted molar refractivity (Wildman–Crippen MR) is 45.5 cm³/mol. The highest BCUT2D eigenvalue weighted by Crippen LogP contribution is 2.59. The lowest BCUT2D eigenvalue weighted by Crippen LogP contribution is -2.70. The van der Waals surface area contributed by atoms with Crippen molar-refractivity contribution in [3.8, 4) is 0 Å². The lowest BCUT2D eigenvalue weighted by molar-refractivity contribution is -0.427. The van der Waals surface area contributed by atoms with Crippen molar-refractivity contribution in [2.45, 2.75) is 42.4 Å². The van der Waals surface area contributed by atoms with Gasteiger partial charge in [0.25, 0.3) is 0 Å². The molecule has 0 rings (SSSR count). The summed E-state index contributed by atoms with van der Waals surface area (Å²) in [6, 6.07) is 0. The lowest BCUT2D eigenvalue weighted by Gasteiger charge is -2.40. The van der Waals surface area contributed by atoms with Crippen LogP contribution in [0.1, 0.15) is 6.42 Å². The van der Waals surface area contributed by atoms with Gasteiger partial charge in [-0.3, -0.25) is 0 Å². The van der Waals surface area contributed by atoms with E-state index in [-0.39, 0.29) is 0 Å². The van der Waals surface area contributed by atoms with E-state index in [1.165, 1.54) is 0 Å². The predicted octanol–water partition coefficient (Wildman–Crippen LogP) is 2.80. The molecule has 0 saturated heterocycles. The summed E-state index contributed by atoms with van der Waals surface area (Å²) < 4.78 is 137. The first kappa shape index (κ1) is 20.1. The molecule has 0 aromatic carbocycles. The second-order valence-corrected chi connectivity index (χ2v) is 4.03. The van der Waals surface area contributed by atoms with E-state index >= 15 is 0 Å². The first-order valence-electron chi connectivity index (χ1n) is 4.92.